The van der Waals surface area contributed by atoms with E-state index >= 15 is 0 Å². The minimum atomic E-state index is -0.325. The first-order valence-corrected chi connectivity index (χ1v) is 8.65. The highest BCUT2D eigenvalue weighted by Crippen LogP contribution is 2.24. The number of aromatic nitrogens is 1. The molecule has 0 unspecified atom stereocenters. The van der Waals surface area contributed by atoms with Crippen LogP contribution >= 0.6 is 0 Å². The number of hydrogen-bond donors (Lipinski definition) is 2. The first kappa shape index (κ1) is 18.3. The van der Waals surface area contributed by atoms with Crippen molar-refractivity contribution >= 4 is 28.8 Å². The van der Waals surface area contributed by atoms with Gasteiger partial charge in [-0.3, -0.25) is 9.59 Å². The maximum atomic E-state index is 12.4. The Hall–Kier alpha value is -3.47. The predicted molar refractivity (Wildman–Crippen MR) is 108 cm³/mol. The Morgan fingerprint density at radius 1 is 0.889 bits per heavy atom. The van der Waals surface area contributed by atoms with Crippen LogP contribution in [-0.4, -0.2) is 16.7 Å². The summed E-state index contributed by atoms with van der Waals surface area (Å²) in [7, 11) is 0. The van der Waals surface area contributed by atoms with Crippen LogP contribution in [0.1, 0.15) is 38.9 Å². The van der Waals surface area contributed by atoms with E-state index < -0.39 is 0 Å². The van der Waals surface area contributed by atoms with E-state index in [9.17, 15) is 9.59 Å². The van der Waals surface area contributed by atoms with E-state index in [1.54, 1.807) is 36.5 Å². The quantitative estimate of drug-likeness (QED) is 0.636. The number of hydrogen-bond acceptors (Lipinski definition) is 4. The van der Waals surface area contributed by atoms with Crippen molar-refractivity contribution in [1.82, 2.24) is 4.98 Å². The van der Waals surface area contributed by atoms with Gasteiger partial charge < -0.3 is 10.6 Å². The van der Waals surface area contributed by atoms with E-state index in [4.69, 9.17) is 0 Å². The molecule has 0 saturated heterocycles. The molecule has 5 heteroatoms. The minimum absolute atomic E-state index is 0.0499. The molecular weight excluding hydrogens is 338 g/mol. The van der Waals surface area contributed by atoms with Gasteiger partial charge in [0.05, 0.1) is 11.9 Å². The molecule has 1 amide bonds. The Bertz CT molecular complexity index is 974. The van der Waals surface area contributed by atoms with Gasteiger partial charge in [0.2, 0.25) is 0 Å². The van der Waals surface area contributed by atoms with Crippen LogP contribution in [0.4, 0.5) is 17.1 Å². The second-order valence-electron chi connectivity index (χ2n) is 6.42. The van der Waals surface area contributed by atoms with Crippen LogP contribution in [0.25, 0.3) is 0 Å². The number of pyridine rings is 1. The Labute approximate surface area is 158 Å². The number of nitrogens with zero attached hydrogens (tertiary/aromatic N) is 1. The van der Waals surface area contributed by atoms with E-state index in [1.807, 2.05) is 38.1 Å². The number of benzene rings is 2. The molecule has 2 N–H and O–H groups in total. The second kappa shape index (κ2) is 7.83. The normalized spacial score (nSPS) is 10.3. The summed E-state index contributed by atoms with van der Waals surface area (Å²) >= 11 is 0. The van der Waals surface area contributed by atoms with Gasteiger partial charge in [-0.15, -0.1) is 0 Å². The van der Waals surface area contributed by atoms with E-state index in [0.717, 1.165) is 22.5 Å². The Balaban J connectivity index is 1.72. The summed E-state index contributed by atoms with van der Waals surface area (Å²) in [5.41, 5.74) is 5.54. The first-order chi connectivity index (χ1) is 12.9. The average Bonchev–Trinajstić information content (AvgIpc) is 2.65. The summed E-state index contributed by atoms with van der Waals surface area (Å²) in [5, 5.41) is 6.11. The molecule has 2 aromatic carbocycles. The highest BCUT2D eigenvalue weighted by molar-refractivity contribution is 6.04. The number of anilines is 3. The van der Waals surface area contributed by atoms with Crippen LogP contribution in [0.5, 0.6) is 0 Å². The second-order valence-corrected chi connectivity index (χ2v) is 6.42. The molecule has 1 aromatic heterocycles. The lowest BCUT2D eigenvalue weighted by atomic mass is 10.1. The molecule has 0 bridgehead atoms. The number of nitrogens with one attached hydrogen (secondary N) is 2. The van der Waals surface area contributed by atoms with Crippen molar-refractivity contribution in [3.63, 3.8) is 0 Å². The molecule has 0 radical (unpaired) electrons. The summed E-state index contributed by atoms with van der Waals surface area (Å²) in [5.74, 6) is -0.375. The molecule has 0 aliphatic carbocycles. The lowest BCUT2D eigenvalue weighted by Gasteiger charge is -2.12. The number of rotatable bonds is 5. The number of carbonyl (C=O) groups is 2. The van der Waals surface area contributed by atoms with E-state index in [0.29, 0.717) is 16.9 Å². The van der Waals surface area contributed by atoms with Gasteiger partial charge in [0.15, 0.2) is 5.78 Å². The van der Waals surface area contributed by atoms with Gasteiger partial charge in [-0.2, -0.15) is 0 Å². The maximum Gasteiger partial charge on any atom is 0.274 e. The lowest BCUT2D eigenvalue weighted by Crippen LogP contribution is -2.14. The molecule has 0 atom stereocenters. The van der Waals surface area contributed by atoms with Gasteiger partial charge in [-0.25, -0.2) is 4.98 Å². The van der Waals surface area contributed by atoms with Crippen molar-refractivity contribution in [2.75, 3.05) is 10.6 Å². The topological polar surface area (TPSA) is 71.1 Å². The predicted octanol–water partition coefficient (Wildman–Crippen LogP) is 4.90. The number of para-hydroxylation sites is 1. The van der Waals surface area contributed by atoms with Crippen LogP contribution in [0.2, 0.25) is 0 Å². The highest BCUT2D eigenvalue weighted by atomic mass is 16.2. The van der Waals surface area contributed by atoms with Crippen LogP contribution in [0.3, 0.4) is 0 Å². The minimum Gasteiger partial charge on any atom is -0.354 e. The van der Waals surface area contributed by atoms with Crippen molar-refractivity contribution in [3.8, 4) is 0 Å². The van der Waals surface area contributed by atoms with Gasteiger partial charge in [0.25, 0.3) is 5.91 Å². The molecule has 0 aliphatic heterocycles. The zero-order chi connectivity index (χ0) is 19.4. The van der Waals surface area contributed by atoms with Crippen LogP contribution in [0, 0.1) is 13.8 Å². The number of carbonyl (C=O) groups excluding carboxylic acids is 2. The fourth-order valence-electron chi connectivity index (χ4n) is 2.77. The smallest absolute Gasteiger partial charge is 0.274 e. The lowest BCUT2D eigenvalue weighted by molar-refractivity contribution is 0.100. The highest BCUT2D eigenvalue weighted by Gasteiger charge is 2.10. The van der Waals surface area contributed by atoms with E-state index in [1.165, 1.54) is 6.92 Å². The molecule has 5 nitrogen and oxygen atoms in total. The number of Topliss-reactive ketones (excluding diaryl/α,β-unsaturated/α-hetero) is 1. The van der Waals surface area contributed by atoms with Gasteiger partial charge >= 0.3 is 0 Å². The van der Waals surface area contributed by atoms with Gasteiger partial charge in [-0.1, -0.05) is 30.3 Å². The maximum absolute atomic E-state index is 12.4. The van der Waals surface area contributed by atoms with Crippen molar-refractivity contribution in [2.45, 2.75) is 20.8 Å². The third-order valence-corrected chi connectivity index (χ3v) is 4.27. The summed E-state index contributed by atoms with van der Waals surface area (Å²) in [6, 6.07) is 16.4. The van der Waals surface area contributed by atoms with Crippen molar-refractivity contribution in [1.29, 1.82) is 0 Å². The van der Waals surface area contributed by atoms with E-state index in [2.05, 4.69) is 15.6 Å². The molecule has 3 aromatic rings. The van der Waals surface area contributed by atoms with Gasteiger partial charge in [-0.05, 0) is 56.2 Å². The van der Waals surface area contributed by atoms with Gasteiger partial charge in [0.1, 0.15) is 5.69 Å². The summed E-state index contributed by atoms with van der Waals surface area (Å²) in [6.45, 7) is 5.57. The Morgan fingerprint density at radius 2 is 1.59 bits per heavy atom. The standard InChI is InChI=1S/C22H21N3O2/c1-14-6-4-7-15(2)21(14)24-19-10-11-20(23-13-19)22(27)25-18-9-5-8-17(12-18)16(3)26/h4-13,24H,1-3H3,(H,25,27). The zero-order valence-electron chi connectivity index (χ0n) is 15.5. The fourth-order valence-corrected chi connectivity index (χ4v) is 2.77. The molecule has 0 saturated carbocycles. The van der Waals surface area contributed by atoms with Crippen LogP contribution in [0.15, 0.2) is 60.8 Å². The zero-order valence-corrected chi connectivity index (χ0v) is 15.5. The third-order valence-electron chi connectivity index (χ3n) is 4.27. The molecule has 0 aliphatic rings. The fraction of sp³-hybridized carbons (Fsp3) is 0.136. The van der Waals surface area contributed by atoms with Crippen molar-refractivity contribution in [3.05, 3.63) is 83.2 Å². The largest absolute Gasteiger partial charge is 0.354 e. The van der Waals surface area contributed by atoms with Crippen LogP contribution in [-0.2, 0) is 0 Å². The molecule has 3 rings (SSSR count). The molecule has 136 valence electrons. The molecule has 1 heterocycles. The summed E-state index contributed by atoms with van der Waals surface area (Å²) < 4.78 is 0. The average molecular weight is 359 g/mol. The number of amides is 1. The van der Waals surface area contributed by atoms with Crippen molar-refractivity contribution in [2.24, 2.45) is 0 Å². The molecule has 27 heavy (non-hydrogen) atoms. The van der Waals surface area contributed by atoms with Gasteiger partial charge in [0, 0.05) is 16.9 Å². The Morgan fingerprint density at radius 3 is 2.22 bits per heavy atom. The Kier molecular flexibility index (Phi) is 5.31. The van der Waals surface area contributed by atoms with Crippen LogP contribution < -0.4 is 10.6 Å². The van der Waals surface area contributed by atoms with Crippen molar-refractivity contribution < 1.29 is 9.59 Å². The summed E-state index contributed by atoms with van der Waals surface area (Å²) in [4.78, 5) is 28.1. The summed E-state index contributed by atoms with van der Waals surface area (Å²) in [6.07, 6.45) is 1.63. The molecular formula is C22H21N3O2. The monoisotopic (exact) mass is 359 g/mol. The number of ketones is 1. The SMILES string of the molecule is CC(=O)c1cccc(NC(=O)c2ccc(Nc3c(C)cccc3C)cn2)c1. The number of aryl methyl sites for hydroxylation is 2. The molecule has 0 fully saturated rings. The first-order valence-electron chi connectivity index (χ1n) is 8.65. The molecule has 0 spiro atoms. The third kappa shape index (κ3) is 4.39. The van der Waals surface area contributed by atoms with E-state index in [-0.39, 0.29) is 11.7 Å².